The van der Waals surface area contributed by atoms with Crippen molar-refractivity contribution >= 4 is 17.8 Å². The smallest absolute Gasteiger partial charge is 0.191 e. The molecule has 1 aromatic heterocycles. The Bertz CT molecular complexity index is 527. The average molecular weight is 184 g/mol. The van der Waals surface area contributed by atoms with Crippen molar-refractivity contribution in [2.24, 2.45) is 9.98 Å². The number of aliphatic imine (C=N–C) groups is 2. The molecule has 66 valence electrons. The van der Waals surface area contributed by atoms with Gasteiger partial charge in [0, 0.05) is 12.3 Å². The molecule has 0 fully saturated rings. The Morgan fingerprint density at radius 3 is 3.14 bits per heavy atom. The van der Waals surface area contributed by atoms with E-state index in [2.05, 4.69) is 20.0 Å². The molecule has 5 nitrogen and oxygen atoms in total. The van der Waals surface area contributed by atoms with Crippen LogP contribution in [0.15, 0.2) is 34.3 Å². The zero-order valence-corrected chi connectivity index (χ0v) is 7.01. The maximum absolute atomic E-state index is 11.5. The van der Waals surface area contributed by atoms with Gasteiger partial charge in [-0.05, 0) is 0 Å². The minimum atomic E-state index is -0.117. The summed E-state index contributed by atoms with van der Waals surface area (Å²) in [5.74, 6) is -0.117. The van der Waals surface area contributed by atoms with Crippen LogP contribution in [-0.2, 0) is 0 Å². The molecule has 0 bridgehead atoms. The standard InChI is InChI=1S/C9H4N4O/c14-7-1-6-9(13-4-11-6)8-5(7)2-10-3-12-8/h1-4H. The Labute approximate surface area is 78.9 Å². The lowest BCUT2D eigenvalue weighted by Crippen LogP contribution is -2.17. The minimum absolute atomic E-state index is 0.117. The lowest BCUT2D eigenvalue weighted by Gasteiger charge is -2.10. The molecule has 1 aromatic rings. The van der Waals surface area contributed by atoms with Crippen LogP contribution in [0, 0.1) is 0 Å². The second-order valence-electron chi connectivity index (χ2n) is 2.90. The Morgan fingerprint density at radius 2 is 2.21 bits per heavy atom. The predicted molar refractivity (Wildman–Crippen MR) is 49.5 cm³/mol. The molecule has 1 aliphatic carbocycles. The number of carbonyl (C=O) groups excluding carboxylic acids is 1. The molecule has 0 spiro atoms. The van der Waals surface area contributed by atoms with Crippen LogP contribution in [0.3, 0.4) is 0 Å². The molecule has 0 saturated carbocycles. The minimum Gasteiger partial charge on any atom is -0.289 e. The summed E-state index contributed by atoms with van der Waals surface area (Å²) >= 11 is 0. The Kier molecular flexibility index (Phi) is 1.25. The zero-order chi connectivity index (χ0) is 9.54. The van der Waals surface area contributed by atoms with Gasteiger partial charge in [0.2, 0.25) is 0 Å². The molecule has 2 aliphatic rings. The van der Waals surface area contributed by atoms with Gasteiger partial charge >= 0.3 is 0 Å². The normalized spacial score (nSPS) is 17.3. The summed E-state index contributed by atoms with van der Waals surface area (Å²) in [6.07, 6.45) is 5.77. The van der Waals surface area contributed by atoms with E-state index in [0.717, 1.165) is 0 Å². The largest absolute Gasteiger partial charge is 0.289 e. The van der Waals surface area contributed by atoms with Crippen molar-refractivity contribution in [3.8, 4) is 0 Å². The van der Waals surface area contributed by atoms with E-state index in [0.29, 0.717) is 22.7 Å². The summed E-state index contributed by atoms with van der Waals surface area (Å²) in [6, 6.07) is 0. The van der Waals surface area contributed by atoms with Crippen LogP contribution >= 0.6 is 0 Å². The van der Waals surface area contributed by atoms with Crippen molar-refractivity contribution in [3.05, 3.63) is 35.6 Å². The van der Waals surface area contributed by atoms with E-state index in [9.17, 15) is 4.79 Å². The second kappa shape index (κ2) is 2.41. The van der Waals surface area contributed by atoms with E-state index in [1.165, 1.54) is 24.9 Å². The summed E-state index contributed by atoms with van der Waals surface area (Å²) in [4.78, 5) is 27.4. The molecule has 0 saturated heterocycles. The molecule has 0 aromatic carbocycles. The molecular formula is C9H4N4O. The van der Waals surface area contributed by atoms with Crippen LogP contribution < -0.4 is 0 Å². The Balaban J connectivity index is 2.33. The van der Waals surface area contributed by atoms with Gasteiger partial charge in [-0.15, -0.1) is 0 Å². The van der Waals surface area contributed by atoms with Gasteiger partial charge in [-0.25, -0.2) is 20.0 Å². The number of rotatable bonds is 0. The fraction of sp³-hybridized carbons (Fsp3) is 0. The Hall–Kier alpha value is -2.17. The van der Waals surface area contributed by atoms with Gasteiger partial charge in [0.1, 0.15) is 24.1 Å². The number of aromatic nitrogens is 2. The number of allylic oxidation sites excluding steroid dienone is 2. The topological polar surface area (TPSA) is 67.6 Å². The molecule has 14 heavy (non-hydrogen) atoms. The molecule has 5 heteroatoms. The molecule has 0 amide bonds. The first-order valence-corrected chi connectivity index (χ1v) is 4.03. The maximum atomic E-state index is 11.5. The molecule has 2 heterocycles. The van der Waals surface area contributed by atoms with Crippen LogP contribution in [0.2, 0.25) is 0 Å². The van der Waals surface area contributed by atoms with E-state index < -0.39 is 0 Å². The molecule has 0 unspecified atom stereocenters. The number of carbonyl (C=O) groups is 1. The van der Waals surface area contributed by atoms with Crippen LogP contribution in [0.25, 0.3) is 0 Å². The number of ketones is 1. The zero-order valence-electron chi connectivity index (χ0n) is 7.01. The van der Waals surface area contributed by atoms with Crippen LogP contribution in [0.5, 0.6) is 0 Å². The van der Waals surface area contributed by atoms with E-state index in [1.807, 2.05) is 0 Å². The van der Waals surface area contributed by atoms with Gasteiger partial charge in [-0.3, -0.25) is 4.79 Å². The third kappa shape index (κ3) is 0.806. The van der Waals surface area contributed by atoms with E-state index >= 15 is 0 Å². The van der Waals surface area contributed by atoms with Crippen LogP contribution in [0.1, 0.15) is 16.1 Å². The lowest BCUT2D eigenvalue weighted by atomic mass is 9.99. The SMILES string of the molecule is O=C1C=C2N=CN=C2c2ncncc21. The summed E-state index contributed by atoms with van der Waals surface area (Å²) in [5.41, 5.74) is 2.30. The van der Waals surface area contributed by atoms with Crippen molar-refractivity contribution in [3.63, 3.8) is 0 Å². The number of nitrogens with zero attached hydrogens (tertiary/aromatic N) is 4. The molecule has 3 rings (SSSR count). The predicted octanol–water partition coefficient (Wildman–Crippen LogP) is 0.388. The highest BCUT2D eigenvalue weighted by atomic mass is 16.1. The van der Waals surface area contributed by atoms with E-state index in [4.69, 9.17) is 0 Å². The fourth-order valence-electron chi connectivity index (χ4n) is 1.46. The molecule has 0 N–H and O–H groups in total. The highest BCUT2D eigenvalue weighted by molar-refractivity contribution is 6.28. The fourth-order valence-corrected chi connectivity index (χ4v) is 1.46. The van der Waals surface area contributed by atoms with Gasteiger partial charge in [-0.2, -0.15) is 0 Å². The summed E-state index contributed by atoms with van der Waals surface area (Å²) in [7, 11) is 0. The number of hydrogen-bond donors (Lipinski definition) is 0. The van der Waals surface area contributed by atoms with Crippen molar-refractivity contribution in [2.45, 2.75) is 0 Å². The van der Waals surface area contributed by atoms with Gasteiger partial charge in [0.05, 0.1) is 11.3 Å². The van der Waals surface area contributed by atoms with Gasteiger partial charge < -0.3 is 0 Å². The first-order chi connectivity index (χ1) is 6.86. The van der Waals surface area contributed by atoms with Crippen molar-refractivity contribution in [1.29, 1.82) is 0 Å². The van der Waals surface area contributed by atoms with Crippen molar-refractivity contribution < 1.29 is 4.79 Å². The van der Waals surface area contributed by atoms with Crippen molar-refractivity contribution in [1.82, 2.24) is 9.97 Å². The highest BCUT2D eigenvalue weighted by Crippen LogP contribution is 2.21. The average Bonchev–Trinajstić information content (AvgIpc) is 2.66. The quantitative estimate of drug-likeness (QED) is 0.585. The molecular weight excluding hydrogens is 180 g/mol. The van der Waals surface area contributed by atoms with E-state index in [-0.39, 0.29) is 5.78 Å². The van der Waals surface area contributed by atoms with Crippen LogP contribution in [0.4, 0.5) is 0 Å². The van der Waals surface area contributed by atoms with Gasteiger partial charge in [-0.1, -0.05) is 0 Å². The summed E-state index contributed by atoms with van der Waals surface area (Å²) in [5, 5.41) is 0. The number of hydrogen-bond acceptors (Lipinski definition) is 5. The monoisotopic (exact) mass is 184 g/mol. The maximum Gasteiger partial charge on any atom is 0.191 e. The first-order valence-electron chi connectivity index (χ1n) is 4.03. The first kappa shape index (κ1) is 7.25. The molecule has 1 aliphatic heterocycles. The van der Waals surface area contributed by atoms with Gasteiger partial charge in [0.25, 0.3) is 0 Å². The van der Waals surface area contributed by atoms with Gasteiger partial charge in [0.15, 0.2) is 5.78 Å². The van der Waals surface area contributed by atoms with Crippen LogP contribution in [-0.4, -0.2) is 27.8 Å². The number of fused-ring (bicyclic) bond motifs is 3. The summed E-state index contributed by atoms with van der Waals surface area (Å²) < 4.78 is 0. The highest BCUT2D eigenvalue weighted by Gasteiger charge is 2.26. The van der Waals surface area contributed by atoms with Crippen molar-refractivity contribution in [2.75, 3.05) is 0 Å². The molecule has 0 atom stereocenters. The second-order valence-corrected chi connectivity index (χ2v) is 2.90. The third-order valence-electron chi connectivity index (χ3n) is 2.10. The lowest BCUT2D eigenvalue weighted by molar-refractivity contribution is 0.104. The third-order valence-corrected chi connectivity index (χ3v) is 2.10. The Morgan fingerprint density at radius 1 is 1.29 bits per heavy atom. The van der Waals surface area contributed by atoms with E-state index in [1.54, 1.807) is 0 Å². The molecule has 0 radical (unpaired) electrons. The summed E-state index contributed by atoms with van der Waals surface area (Å²) in [6.45, 7) is 0.